The van der Waals surface area contributed by atoms with Crippen LogP contribution in [0.3, 0.4) is 0 Å². The van der Waals surface area contributed by atoms with E-state index in [1.54, 1.807) is 13.0 Å². The molecule has 16 heavy (non-hydrogen) atoms. The van der Waals surface area contributed by atoms with Gasteiger partial charge in [0.15, 0.2) is 10.5 Å². The van der Waals surface area contributed by atoms with Crippen LogP contribution in [0.5, 0.6) is 0 Å². The monoisotopic (exact) mass is 285 g/mol. The average Bonchev–Trinajstić information content (AvgIpc) is 2.84. The van der Waals surface area contributed by atoms with Crippen LogP contribution in [0, 0.1) is 6.92 Å². The summed E-state index contributed by atoms with van der Waals surface area (Å²) >= 11 is 3.12. The van der Waals surface area contributed by atoms with Gasteiger partial charge in [0.1, 0.15) is 0 Å². The van der Waals surface area contributed by atoms with E-state index in [4.69, 9.17) is 8.94 Å². The lowest BCUT2D eigenvalue weighted by Crippen LogP contribution is -2.22. The number of hydrogen-bond acceptors (Lipinski definition) is 5. The van der Waals surface area contributed by atoms with E-state index in [0.29, 0.717) is 21.9 Å². The Hall–Kier alpha value is -1.63. The first kappa shape index (κ1) is 10.9. The molecule has 6 nitrogen and oxygen atoms in total. The van der Waals surface area contributed by atoms with Crippen LogP contribution in [0.4, 0.5) is 0 Å². The van der Waals surface area contributed by atoms with E-state index < -0.39 is 0 Å². The fourth-order valence-corrected chi connectivity index (χ4v) is 1.54. The fraction of sp³-hybridized carbons (Fsp3) is 0.222. The summed E-state index contributed by atoms with van der Waals surface area (Å²) in [5, 5.41) is 6.24. The number of furan rings is 1. The Morgan fingerprint density at radius 3 is 3.00 bits per heavy atom. The fourth-order valence-electron chi connectivity index (χ4n) is 1.12. The summed E-state index contributed by atoms with van der Waals surface area (Å²) in [4.78, 5) is 15.6. The molecule has 0 saturated carbocycles. The first-order chi connectivity index (χ1) is 7.66. The Morgan fingerprint density at radius 1 is 1.62 bits per heavy atom. The maximum Gasteiger partial charge on any atom is 0.256 e. The molecule has 0 aromatic carbocycles. The first-order valence-electron chi connectivity index (χ1n) is 4.47. The maximum atomic E-state index is 11.6. The van der Waals surface area contributed by atoms with Gasteiger partial charge in [-0.05, 0) is 28.9 Å². The summed E-state index contributed by atoms with van der Waals surface area (Å²) in [7, 11) is 0. The van der Waals surface area contributed by atoms with Gasteiger partial charge in [0.2, 0.25) is 5.89 Å². The molecule has 2 aromatic heterocycles. The van der Waals surface area contributed by atoms with Gasteiger partial charge in [-0.2, -0.15) is 4.98 Å². The van der Waals surface area contributed by atoms with E-state index in [1.165, 1.54) is 6.26 Å². The minimum atomic E-state index is -0.267. The summed E-state index contributed by atoms with van der Waals surface area (Å²) < 4.78 is 10.2. The molecule has 84 valence electrons. The Morgan fingerprint density at radius 2 is 2.44 bits per heavy atom. The van der Waals surface area contributed by atoms with Crippen LogP contribution >= 0.6 is 15.9 Å². The number of nitrogens with zero attached hydrogens (tertiary/aromatic N) is 2. The van der Waals surface area contributed by atoms with Crippen LogP contribution in [-0.2, 0) is 6.54 Å². The number of amides is 1. The zero-order valence-electron chi connectivity index (χ0n) is 8.36. The van der Waals surface area contributed by atoms with Gasteiger partial charge in [0, 0.05) is 0 Å². The number of rotatable bonds is 3. The number of aromatic nitrogens is 2. The van der Waals surface area contributed by atoms with Gasteiger partial charge >= 0.3 is 0 Å². The molecule has 2 heterocycles. The van der Waals surface area contributed by atoms with Crippen molar-refractivity contribution in [2.75, 3.05) is 0 Å². The van der Waals surface area contributed by atoms with E-state index in [-0.39, 0.29) is 12.5 Å². The van der Waals surface area contributed by atoms with Crippen LogP contribution in [-0.4, -0.2) is 16.0 Å². The van der Waals surface area contributed by atoms with E-state index in [2.05, 4.69) is 31.4 Å². The molecule has 7 heteroatoms. The van der Waals surface area contributed by atoms with Crippen molar-refractivity contribution in [1.29, 1.82) is 0 Å². The highest BCUT2D eigenvalue weighted by atomic mass is 79.9. The average molecular weight is 286 g/mol. The van der Waals surface area contributed by atoms with Crippen molar-refractivity contribution in [3.05, 3.63) is 34.3 Å². The molecule has 0 fully saturated rings. The lowest BCUT2D eigenvalue weighted by atomic mass is 10.3. The third-order valence-corrected chi connectivity index (χ3v) is 2.45. The maximum absolute atomic E-state index is 11.6. The van der Waals surface area contributed by atoms with Gasteiger partial charge < -0.3 is 14.3 Å². The molecule has 0 aliphatic heterocycles. The van der Waals surface area contributed by atoms with Crippen molar-refractivity contribution in [2.45, 2.75) is 13.5 Å². The highest BCUT2D eigenvalue weighted by molar-refractivity contribution is 9.10. The van der Waals surface area contributed by atoms with Crippen molar-refractivity contribution < 1.29 is 13.7 Å². The van der Waals surface area contributed by atoms with Crippen molar-refractivity contribution in [3.63, 3.8) is 0 Å². The first-order valence-corrected chi connectivity index (χ1v) is 5.26. The molecular formula is C9H8BrN3O3. The topological polar surface area (TPSA) is 81.2 Å². The summed E-state index contributed by atoms with van der Waals surface area (Å²) in [5.74, 6) is 0.635. The van der Waals surface area contributed by atoms with E-state index in [1.807, 2.05) is 0 Å². The Labute approximate surface area is 99.1 Å². The second-order valence-corrected chi connectivity index (χ2v) is 3.75. The van der Waals surface area contributed by atoms with Crippen LogP contribution in [0.1, 0.15) is 22.1 Å². The number of hydrogen-bond donors (Lipinski definition) is 1. The van der Waals surface area contributed by atoms with Crippen molar-refractivity contribution in [2.24, 2.45) is 0 Å². The van der Waals surface area contributed by atoms with Gasteiger partial charge in [0.25, 0.3) is 5.91 Å². The molecule has 0 unspecified atom stereocenters. The quantitative estimate of drug-likeness (QED) is 0.928. The van der Waals surface area contributed by atoms with Crippen molar-refractivity contribution in [3.8, 4) is 0 Å². The van der Waals surface area contributed by atoms with Gasteiger partial charge in [-0.15, -0.1) is 0 Å². The molecular weight excluding hydrogens is 278 g/mol. The molecule has 0 radical (unpaired) electrons. The van der Waals surface area contributed by atoms with Crippen LogP contribution in [0.2, 0.25) is 0 Å². The molecule has 1 amide bonds. The lowest BCUT2D eigenvalue weighted by molar-refractivity contribution is 0.0944. The number of carbonyl (C=O) groups excluding carboxylic acids is 1. The molecule has 0 saturated heterocycles. The highest BCUT2D eigenvalue weighted by Crippen LogP contribution is 2.17. The van der Waals surface area contributed by atoms with E-state index >= 15 is 0 Å². The predicted molar refractivity (Wildman–Crippen MR) is 56.6 cm³/mol. The molecule has 0 spiro atoms. The van der Waals surface area contributed by atoms with Gasteiger partial charge in [-0.3, -0.25) is 4.79 Å². The molecule has 0 aliphatic rings. The Bertz CT molecular complexity index is 506. The van der Waals surface area contributed by atoms with Gasteiger partial charge in [0.05, 0.1) is 18.4 Å². The smallest absolute Gasteiger partial charge is 0.256 e. The Kier molecular flexibility index (Phi) is 3.04. The molecule has 2 rings (SSSR count). The number of halogens is 1. The molecule has 2 aromatic rings. The summed E-state index contributed by atoms with van der Waals surface area (Å²) in [6.07, 6.45) is 1.43. The SMILES string of the molecule is Cc1noc(CNC(=O)c2ccoc2Br)n1. The largest absolute Gasteiger partial charge is 0.457 e. The summed E-state index contributed by atoms with van der Waals surface area (Å²) in [5.41, 5.74) is 0.427. The van der Waals surface area contributed by atoms with Crippen molar-refractivity contribution in [1.82, 2.24) is 15.5 Å². The van der Waals surface area contributed by atoms with Crippen LogP contribution in [0.15, 0.2) is 25.9 Å². The van der Waals surface area contributed by atoms with Gasteiger partial charge in [-0.1, -0.05) is 5.16 Å². The van der Waals surface area contributed by atoms with Gasteiger partial charge in [-0.25, -0.2) is 0 Å². The molecule has 1 N–H and O–H groups in total. The molecule has 0 aliphatic carbocycles. The third kappa shape index (κ3) is 2.30. The second kappa shape index (κ2) is 4.48. The Balaban J connectivity index is 1.96. The lowest BCUT2D eigenvalue weighted by Gasteiger charge is -1.99. The van der Waals surface area contributed by atoms with Crippen LogP contribution in [0.25, 0.3) is 0 Å². The highest BCUT2D eigenvalue weighted by Gasteiger charge is 2.13. The predicted octanol–water partition coefficient (Wildman–Crippen LogP) is 1.66. The minimum Gasteiger partial charge on any atom is -0.457 e. The zero-order valence-corrected chi connectivity index (χ0v) is 9.94. The number of aryl methyl sites for hydroxylation is 1. The van der Waals surface area contributed by atoms with Crippen molar-refractivity contribution >= 4 is 21.8 Å². The third-order valence-electron chi connectivity index (χ3n) is 1.83. The zero-order chi connectivity index (χ0) is 11.5. The van der Waals surface area contributed by atoms with E-state index in [9.17, 15) is 4.79 Å². The summed E-state index contributed by atoms with van der Waals surface area (Å²) in [6.45, 7) is 1.90. The second-order valence-electron chi connectivity index (χ2n) is 3.03. The normalized spacial score (nSPS) is 10.4. The molecule has 0 atom stereocenters. The van der Waals surface area contributed by atoms with Crippen LogP contribution < -0.4 is 5.32 Å². The number of carbonyl (C=O) groups is 1. The molecule has 0 bridgehead atoms. The standard InChI is InChI=1S/C9H8BrN3O3/c1-5-12-7(16-13-5)4-11-9(14)6-2-3-15-8(6)10/h2-3H,4H2,1H3,(H,11,14). The summed E-state index contributed by atoms with van der Waals surface area (Å²) in [6, 6.07) is 1.57. The van der Waals surface area contributed by atoms with E-state index in [0.717, 1.165) is 0 Å². The minimum absolute atomic E-state index is 0.192. The number of nitrogens with one attached hydrogen (secondary N) is 1.